The van der Waals surface area contributed by atoms with Crippen LogP contribution in [0.15, 0.2) is 164 Å². The van der Waals surface area contributed by atoms with E-state index >= 15 is 0 Å². The van der Waals surface area contributed by atoms with Crippen molar-refractivity contribution in [2.75, 3.05) is 0 Å². The smallest absolute Gasteiger partial charge is 0.123 e. The van der Waals surface area contributed by atoms with Gasteiger partial charge >= 0.3 is 0 Å². The van der Waals surface area contributed by atoms with Gasteiger partial charge < -0.3 is 0 Å². The van der Waals surface area contributed by atoms with Crippen LogP contribution in [-0.4, -0.2) is 25.0 Å². The third kappa shape index (κ3) is 4.64. The summed E-state index contributed by atoms with van der Waals surface area (Å²) in [5, 5.41) is 14.9. The minimum atomic E-state index is 0.784. The molecular formula is C42H27N5. The van der Waals surface area contributed by atoms with Crippen molar-refractivity contribution in [3.63, 3.8) is 0 Å². The van der Waals surface area contributed by atoms with Gasteiger partial charge in [0.2, 0.25) is 0 Å². The zero-order chi connectivity index (χ0) is 31.2. The highest BCUT2D eigenvalue weighted by molar-refractivity contribution is 6.21. The molecule has 0 saturated heterocycles. The number of rotatable bonds is 5. The Morgan fingerprint density at radius 2 is 0.936 bits per heavy atom. The van der Waals surface area contributed by atoms with Gasteiger partial charge in [0.05, 0.1) is 17.1 Å². The maximum absolute atomic E-state index is 4.99. The van der Waals surface area contributed by atoms with Crippen LogP contribution in [0.1, 0.15) is 0 Å². The van der Waals surface area contributed by atoms with Gasteiger partial charge in [-0.3, -0.25) is 9.97 Å². The summed E-state index contributed by atoms with van der Waals surface area (Å²) >= 11 is 0. The van der Waals surface area contributed by atoms with Gasteiger partial charge in [-0.05, 0) is 92.3 Å². The number of nitrogens with zero attached hydrogens (tertiary/aromatic N) is 5. The first-order chi connectivity index (χ1) is 23.3. The van der Waals surface area contributed by atoms with E-state index in [0.29, 0.717) is 0 Å². The lowest BCUT2D eigenvalue weighted by Crippen LogP contribution is -1.98. The molecule has 0 aliphatic carbocycles. The monoisotopic (exact) mass is 601 g/mol. The Morgan fingerprint density at radius 3 is 1.51 bits per heavy atom. The molecule has 6 aromatic carbocycles. The zero-order valence-electron chi connectivity index (χ0n) is 25.3. The Hall–Kier alpha value is -6.46. The summed E-state index contributed by atoms with van der Waals surface area (Å²) in [7, 11) is 0. The molecule has 0 atom stereocenters. The Kier molecular flexibility index (Phi) is 6.39. The molecule has 9 rings (SSSR count). The lowest BCUT2D eigenvalue weighted by atomic mass is 9.86. The minimum Gasteiger partial charge on any atom is -0.256 e. The van der Waals surface area contributed by atoms with Crippen LogP contribution in [0.4, 0.5) is 0 Å². The zero-order valence-corrected chi connectivity index (χ0v) is 25.3. The van der Waals surface area contributed by atoms with Crippen LogP contribution >= 0.6 is 0 Å². The molecule has 5 nitrogen and oxygen atoms in total. The van der Waals surface area contributed by atoms with Crippen molar-refractivity contribution in [3.8, 4) is 50.5 Å². The predicted octanol–water partition coefficient (Wildman–Crippen LogP) is 10.2. The minimum absolute atomic E-state index is 0.784. The lowest BCUT2D eigenvalue weighted by Gasteiger charge is -2.17. The second-order valence-electron chi connectivity index (χ2n) is 11.6. The first-order valence-electron chi connectivity index (χ1n) is 15.7. The number of hydrogen-bond donors (Lipinski definition) is 0. The average molecular weight is 602 g/mol. The van der Waals surface area contributed by atoms with E-state index in [2.05, 4.69) is 125 Å². The maximum atomic E-state index is 4.99. The molecule has 9 aromatic rings. The number of aromatic nitrogens is 5. The predicted molar refractivity (Wildman–Crippen MR) is 191 cm³/mol. The van der Waals surface area contributed by atoms with Gasteiger partial charge in [0, 0.05) is 23.5 Å². The number of benzene rings is 6. The molecule has 0 aliphatic heterocycles. The fourth-order valence-corrected chi connectivity index (χ4v) is 6.65. The van der Waals surface area contributed by atoms with Gasteiger partial charge in [-0.15, -0.1) is 10.2 Å². The normalized spacial score (nSPS) is 11.4. The third-order valence-electron chi connectivity index (χ3n) is 8.77. The number of hydrogen-bond acceptors (Lipinski definition) is 4. The first kappa shape index (κ1) is 26.9. The van der Waals surface area contributed by atoms with Gasteiger partial charge in [0.25, 0.3) is 0 Å². The summed E-state index contributed by atoms with van der Waals surface area (Å²) in [5.41, 5.74) is 10.9. The first-order valence-corrected chi connectivity index (χ1v) is 15.7. The Balaban J connectivity index is 1.19. The number of fused-ring (bicyclic) bond motifs is 3. The van der Waals surface area contributed by atoms with Gasteiger partial charge in [0.1, 0.15) is 11.0 Å². The fourth-order valence-electron chi connectivity index (χ4n) is 6.65. The Labute approximate surface area is 271 Å². The van der Waals surface area contributed by atoms with E-state index in [4.69, 9.17) is 10.2 Å². The highest BCUT2D eigenvalue weighted by atomic mass is 15.5. The SMILES string of the molecule is c1ccc(-c2c3ccccc3c(-c3ccc(-n4nc5cc(-c6ccccn6)cc(-c6ccccn6)c5n4)cc3)c3ccccc23)cc1. The van der Waals surface area contributed by atoms with Crippen LogP contribution in [0, 0.1) is 0 Å². The second kappa shape index (κ2) is 11.2. The standard InChI is InChI=1S/C42H27N5/c1-2-12-28(13-3-1)40-32-14-4-6-16-34(32)41(35-17-7-5-15-33(35)40)29-20-22-31(23-21-29)47-45-39-27-30(37-18-8-10-24-43-37)26-36(42(39)46-47)38-19-9-11-25-44-38/h1-27H. The second-order valence-corrected chi connectivity index (χ2v) is 11.6. The van der Waals surface area contributed by atoms with Crippen molar-refractivity contribution >= 4 is 32.6 Å². The summed E-state index contributed by atoms with van der Waals surface area (Å²) in [6.45, 7) is 0. The molecule has 0 N–H and O–H groups in total. The molecule has 5 heteroatoms. The van der Waals surface area contributed by atoms with Crippen molar-refractivity contribution in [1.29, 1.82) is 0 Å². The largest absolute Gasteiger partial charge is 0.256 e. The van der Waals surface area contributed by atoms with Crippen LogP contribution in [0.5, 0.6) is 0 Å². The van der Waals surface area contributed by atoms with E-state index < -0.39 is 0 Å². The van der Waals surface area contributed by atoms with E-state index in [1.807, 2.05) is 36.4 Å². The van der Waals surface area contributed by atoms with Crippen LogP contribution in [0.3, 0.4) is 0 Å². The van der Waals surface area contributed by atoms with Gasteiger partial charge in [-0.1, -0.05) is 103 Å². The highest BCUT2D eigenvalue weighted by Gasteiger charge is 2.18. The van der Waals surface area contributed by atoms with E-state index in [1.165, 1.54) is 38.2 Å². The van der Waals surface area contributed by atoms with Crippen molar-refractivity contribution in [1.82, 2.24) is 25.0 Å². The molecule has 0 unspecified atom stereocenters. The summed E-state index contributed by atoms with van der Waals surface area (Å²) in [6, 6.07) is 52.7. The summed E-state index contributed by atoms with van der Waals surface area (Å²) in [5.74, 6) is 0. The summed E-state index contributed by atoms with van der Waals surface area (Å²) in [4.78, 5) is 10.9. The molecule has 0 aliphatic rings. The molecule has 0 bridgehead atoms. The van der Waals surface area contributed by atoms with E-state index in [1.54, 1.807) is 17.2 Å². The highest BCUT2D eigenvalue weighted by Crippen LogP contribution is 2.43. The van der Waals surface area contributed by atoms with Crippen LogP contribution < -0.4 is 0 Å². The Bertz CT molecular complexity index is 2480. The Morgan fingerprint density at radius 1 is 0.404 bits per heavy atom. The van der Waals surface area contributed by atoms with E-state index in [-0.39, 0.29) is 0 Å². The molecule has 0 spiro atoms. The van der Waals surface area contributed by atoms with Crippen molar-refractivity contribution < 1.29 is 0 Å². The summed E-state index contributed by atoms with van der Waals surface area (Å²) < 4.78 is 0. The van der Waals surface area contributed by atoms with Gasteiger partial charge in [0.15, 0.2) is 0 Å². The van der Waals surface area contributed by atoms with Crippen molar-refractivity contribution in [3.05, 3.63) is 164 Å². The molecule has 0 amide bonds. The molecule has 0 saturated carbocycles. The quantitative estimate of drug-likeness (QED) is 0.184. The maximum Gasteiger partial charge on any atom is 0.123 e. The van der Waals surface area contributed by atoms with E-state index in [0.717, 1.165) is 44.8 Å². The van der Waals surface area contributed by atoms with Crippen LogP contribution in [-0.2, 0) is 0 Å². The summed E-state index contributed by atoms with van der Waals surface area (Å²) in [6.07, 6.45) is 3.61. The fraction of sp³-hybridized carbons (Fsp3) is 0. The van der Waals surface area contributed by atoms with Gasteiger partial charge in [-0.25, -0.2) is 0 Å². The molecule has 3 heterocycles. The van der Waals surface area contributed by atoms with Crippen LogP contribution in [0.2, 0.25) is 0 Å². The average Bonchev–Trinajstić information content (AvgIpc) is 3.59. The lowest BCUT2D eigenvalue weighted by molar-refractivity contribution is 0.766. The number of pyridine rings is 2. The molecule has 3 aromatic heterocycles. The molecule has 0 fully saturated rings. The molecule has 220 valence electrons. The van der Waals surface area contributed by atoms with Gasteiger partial charge in [-0.2, -0.15) is 4.80 Å². The third-order valence-corrected chi connectivity index (χ3v) is 8.77. The van der Waals surface area contributed by atoms with Crippen molar-refractivity contribution in [2.24, 2.45) is 0 Å². The van der Waals surface area contributed by atoms with E-state index in [9.17, 15) is 0 Å². The molecule has 47 heavy (non-hydrogen) atoms. The van der Waals surface area contributed by atoms with Crippen LogP contribution in [0.25, 0.3) is 83.0 Å². The molecule has 0 radical (unpaired) electrons. The molecular weight excluding hydrogens is 574 g/mol. The van der Waals surface area contributed by atoms with Crippen molar-refractivity contribution in [2.45, 2.75) is 0 Å². The topological polar surface area (TPSA) is 56.5 Å².